The van der Waals surface area contributed by atoms with E-state index in [1.807, 2.05) is 0 Å². The summed E-state index contributed by atoms with van der Waals surface area (Å²) < 4.78 is 39.1. The van der Waals surface area contributed by atoms with Crippen LogP contribution in [0.1, 0.15) is 57.8 Å². The van der Waals surface area contributed by atoms with Crippen LogP contribution in [0, 0.1) is 29.6 Å². The maximum atomic E-state index is 12.5. The van der Waals surface area contributed by atoms with Crippen molar-refractivity contribution in [3.05, 3.63) is 0 Å². The number of esters is 1. The zero-order chi connectivity index (χ0) is 16.2. The molecule has 0 atom stereocenters. The monoisotopic (exact) mass is 341 g/mol. The van der Waals surface area contributed by atoms with Crippen molar-refractivity contribution in [2.45, 2.75) is 69.1 Å². The van der Waals surface area contributed by atoms with Crippen molar-refractivity contribution in [1.29, 1.82) is 0 Å². The van der Waals surface area contributed by atoms with Gasteiger partial charge in [-0.1, -0.05) is 0 Å². The van der Waals surface area contributed by atoms with Gasteiger partial charge < -0.3 is 9.29 Å². The molecule has 5 rings (SSSR count). The van der Waals surface area contributed by atoms with Gasteiger partial charge in [0.1, 0.15) is 6.10 Å². The molecule has 0 N–H and O–H groups in total. The van der Waals surface area contributed by atoms with E-state index in [0.29, 0.717) is 37.5 Å². The topological polar surface area (TPSA) is 83.5 Å². The fourth-order valence-electron chi connectivity index (χ4n) is 5.89. The lowest BCUT2D eigenvalue weighted by Gasteiger charge is -2.53. The van der Waals surface area contributed by atoms with Gasteiger partial charge in [0.15, 0.2) is 0 Å². The van der Waals surface area contributed by atoms with Gasteiger partial charge in [-0.15, -0.1) is 0 Å². The third-order valence-corrected chi connectivity index (χ3v) is 8.10. The van der Waals surface area contributed by atoms with Crippen LogP contribution in [0.4, 0.5) is 0 Å². The smallest absolute Gasteiger partial charge is 0.309 e. The predicted octanol–water partition coefficient (Wildman–Crippen LogP) is 2.46. The minimum absolute atomic E-state index is 0.0938. The van der Waals surface area contributed by atoms with Crippen LogP contribution in [0.15, 0.2) is 0 Å². The summed E-state index contributed by atoms with van der Waals surface area (Å²) in [6.07, 6.45) is 7.87. The normalized spacial score (nSPS) is 45.9. The maximum absolute atomic E-state index is 12.5. The summed E-state index contributed by atoms with van der Waals surface area (Å²) in [7, 11) is -4.22. The van der Waals surface area contributed by atoms with Crippen LogP contribution in [-0.4, -0.2) is 30.3 Å². The van der Waals surface area contributed by atoms with Crippen LogP contribution in [0.25, 0.3) is 0 Å². The summed E-state index contributed by atoms with van der Waals surface area (Å²) in [4.78, 5) is 12.5. The molecular formula is C17H25O5S-. The van der Waals surface area contributed by atoms with Gasteiger partial charge in [0.25, 0.3) is 0 Å². The van der Waals surface area contributed by atoms with Crippen LogP contribution < -0.4 is 0 Å². The summed E-state index contributed by atoms with van der Waals surface area (Å²) in [5.74, 6) is 2.44. The lowest BCUT2D eigenvalue weighted by Crippen LogP contribution is -2.50. The van der Waals surface area contributed by atoms with Crippen LogP contribution in [-0.2, 0) is 19.6 Å². The fourth-order valence-corrected chi connectivity index (χ4v) is 6.73. The molecule has 0 heterocycles. The van der Waals surface area contributed by atoms with Crippen molar-refractivity contribution in [3.63, 3.8) is 0 Å². The van der Waals surface area contributed by atoms with E-state index >= 15 is 0 Å². The molecule has 4 bridgehead atoms. The van der Waals surface area contributed by atoms with Gasteiger partial charge in [0, 0.05) is 5.25 Å². The molecule has 0 saturated heterocycles. The molecule has 0 aromatic rings. The minimum atomic E-state index is -4.22. The first-order valence-corrected chi connectivity index (χ1v) is 10.5. The highest BCUT2D eigenvalue weighted by molar-refractivity contribution is 7.86. The molecule has 130 valence electrons. The Bertz CT molecular complexity index is 548. The van der Waals surface area contributed by atoms with Gasteiger partial charge in [-0.25, -0.2) is 8.42 Å². The first-order valence-electron chi connectivity index (χ1n) is 9.05. The Hall–Kier alpha value is -0.620. The second kappa shape index (κ2) is 5.73. The molecule has 5 aliphatic carbocycles. The minimum Gasteiger partial charge on any atom is -0.748 e. The number of carbonyl (C=O) groups is 1. The number of hydrogen-bond donors (Lipinski definition) is 0. The molecule has 0 radical (unpaired) electrons. The standard InChI is InChI=1S/C17H26O5S/c18-17(12-1-3-15(4-2-12)23(19,20)21)22-16-13-6-10-5-11(8-13)9-14(16)7-10/h10-16H,1-9H2,(H,19,20,21)/p-1. The molecule has 6 heteroatoms. The lowest BCUT2D eigenvalue weighted by atomic mass is 9.55. The molecule has 5 saturated carbocycles. The molecule has 5 aliphatic rings. The average Bonchev–Trinajstić information content (AvgIpc) is 2.49. The van der Waals surface area contributed by atoms with E-state index < -0.39 is 15.4 Å². The molecule has 0 aromatic carbocycles. The number of ether oxygens (including phenoxy) is 1. The van der Waals surface area contributed by atoms with Crippen molar-refractivity contribution >= 4 is 16.1 Å². The van der Waals surface area contributed by atoms with Gasteiger partial charge in [-0.3, -0.25) is 4.79 Å². The number of hydrogen-bond acceptors (Lipinski definition) is 5. The molecule has 0 unspecified atom stereocenters. The molecule has 0 aliphatic heterocycles. The second-order valence-electron chi connectivity index (χ2n) is 8.30. The zero-order valence-electron chi connectivity index (χ0n) is 13.4. The summed E-state index contributed by atoms with van der Waals surface area (Å²) in [6.45, 7) is 0. The number of rotatable bonds is 3. The van der Waals surface area contributed by atoms with Crippen molar-refractivity contribution in [2.24, 2.45) is 29.6 Å². The largest absolute Gasteiger partial charge is 0.748 e. The molecule has 0 amide bonds. The van der Waals surface area contributed by atoms with Gasteiger partial charge in [-0.2, -0.15) is 0 Å². The van der Waals surface area contributed by atoms with Crippen LogP contribution in [0.2, 0.25) is 0 Å². The van der Waals surface area contributed by atoms with Crippen LogP contribution >= 0.6 is 0 Å². The van der Waals surface area contributed by atoms with Crippen molar-refractivity contribution in [1.82, 2.24) is 0 Å². The van der Waals surface area contributed by atoms with E-state index in [1.165, 1.54) is 32.1 Å². The third kappa shape index (κ3) is 3.04. The SMILES string of the molecule is O=C(OC1C2CC3CC(C2)CC1C3)C1CCC(S(=O)(=O)[O-])CC1. The highest BCUT2D eigenvalue weighted by Crippen LogP contribution is 2.54. The van der Waals surface area contributed by atoms with Crippen molar-refractivity contribution < 1.29 is 22.5 Å². The molecule has 5 nitrogen and oxygen atoms in total. The van der Waals surface area contributed by atoms with E-state index in [1.54, 1.807) is 0 Å². The highest BCUT2D eigenvalue weighted by atomic mass is 32.2. The zero-order valence-corrected chi connectivity index (χ0v) is 14.2. The maximum Gasteiger partial charge on any atom is 0.309 e. The van der Waals surface area contributed by atoms with Crippen LogP contribution in [0.5, 0.6) is 0 Å². The van der Waals surface area contributed by atoms with Crippen LogP contribution in [0.3, 0.4) is 0 Å². The first kappa shape index (κ1) is 15.9. The average molecular weight is 341 g/mol. The summed E-state index contributed by atoms with van der Waals surface area (Å²) in [5.41, 5.74) is 0. The Labute approximate surface area is 137 Å². The Morgan fingerprint density at radius 1 is 0.870 bits per heavy atom. The number of carbonyl (C=O) groups excluding carboxylic acids is 1. The molecule has 0 spiro atoms. The van der Waals surface area contributed by atoms with E-state index in [0.717, 1.165) is 11.8 Å². The lowest BCUT2D eigenvalue weighted by molar-refractivity contribution is -0.176. The molecule has 23 heavy (non-hydrogen) atoms. The Kier molecular flexibility index (Phi) is 3.95. The summed E-state index contributed by atoms with van der Waals surface area (Å²) >= 11 is 0. The molecule has 5 fully saturated rings. The van der Waals surface area contributed by atoms with E-state index in [9.17, 15) is 17.8 Å². The first-order chi connectivity index (χ1) is 10.9. The predicted molar refractivity (Wildman–Crippen MR) is 82.4 cm³/mol. The molecule has 0 aromatic heterocycles. The Balaban J connectivity index is 1.34. The second-order valence-corrected chi connectivity index (χ2v) is 9.95. The van der Waals surface area contributed by atoms with Gasteiger partial charge >= 0.3 is 5.97 Å². The van der Waals surface area contributed by atoms with Gasteiger partial charge in [-0.05, 0) is 81.5 Å². The highest BCUT2D eigenvalue weighted by Gasteiger charge is 2.50. The molecular weight excluding hydrogens is 316 g/mol. The Morgan fingerprint density at radius 2 is 1.39 bits per heavy atom. The van der Waals surface area contributed by atoms with Gasteiger partial charge in [0.05, 0.1) is 16.0 Å². The third-order valence-electron chi connectivity index (χ3n) is 6.81. The van der Waals surface area contributed by atoms with Crippen molar-refractivity contribution in [2.75, 3.05) is 0 Å². The Morgan fingerprint density at radius 3 is 1.87 bits per heavy atom. The quantitative estimate of drug-likeness (QED) is 0.581. The summed E-state index contributed by atoms with van der Waals surface area (Å²) in [5, 5.41) is -0.812. The fraction of sp³-hybridized carbons (Fsp3) is 0.941. The van der Waals surface area contributed by atoms with Gasteiger partial charge in [0.2, 0.25) is 0 Å². The van der Waals surface area contributed by atoms with E-state index in [2.05, 4.69) is 0 Å². The van der Waals surface area contributed by atoms with E-state index in [4.69, 9.17) is 4.74 Å². The van der Waals surface area contributed by atoms with E-state index in [-0.39, 0.29) is 18.0 Å². The summed E-state index contributed by atoms with van der Waals surface area (Å²) in [6, 6.07) is 0. The van der Waals surface area contributed by atoms with Crippen molar-refractivity contribution in [3.8, 4) is 0 Å².